The minimum absolute atomic E-state index is 0.0547. The van der Waals surface area contributed by atoms with Gasteiger partial charge in [-0.2, -0.15) is 0 Å². The Balaban J connectivity index is 3.31. The Hall–Kier alpha value is -0.310. The van der Waals surface area contributed by atoms with Crippen LogP contribution in [0, 0.1) is 0 Å². The van der Waals surface area contributed by atoms with Gasteiger partial charge in [0.15, 0.2) is 0 Å². The molecule has 1 amide bonds. The van der Waals surface area contributed by atoms with Crippen molar-refractivity contribution in [3.05, 3.63) is 12.2 Å². The molecule has 0 radical (unpaired) electrons. The molecule has 0 atom stereocenters. The molecule has 0 rings (SSSR count). The number of halogens is 1. The Kier molecular flexibility index (Phi) is 5.30. The van der Waals surface area contributed by atoms with Gasteiger partial charge in [-0.05, 0) is 13.3 Å². The highest BCUT2D eigenvalue weighted by molar-refractivity contribution is 9.09. The Morgan fingerprint density at radius 2 is 2.30 bits per heavy atom. The van der Waals surface area contributed by atoms with Crippen molar-refractivity contribution in [1.29, 1.82) is 0 Å². The first-order chi connectivity index (χ1) is 4.68. The summed E-state index contributed by atoms with van der Waals surface area (Å²) in [5, 5.41) is 3.63. The minimum atomic E-state index is -0.0547. The highest BCUT2D eigenvalue weighted by atomic mass is 79.9. The second-order valence-corrected chi connectivity index (χ2v) is 2.87. The summed E-state index contributed by atoms with van der Waals surface area (Å²) in [7, 11) is 0. The largest absolute Gasteiger partial charge is 0.352 e. The molecule has 0 aliphatic carbocycles. The third-order valence-electron chi connectivity index (χ3n) is 0.984. The number of alkyl halides is 1. The fourth-order valence-corrected chi connectivity index (χ4v) is 0.700. The summed E-state index contributed by atoms with van der Waals surface area (Å²) in [5.41, 5.74) is 0.564. The van der Waals surface area contributed by atoms with E-state index < -0.39 is 0 Å². The van der Waals surface area contributed by atoms with Crippen LogP contribution in [0.1, 0.15) is 13.3 Å². The van der Waals surface area contributed by atoms with Crippen molar-refractivity contribution in [2.24, 2.45) is 0 Å². The van der Waals surface area contributed by atoms with E-state index in [2.05, 4.69) is 27.8 Å². The minimum Gasteiger partial charge on any atom is -0.352 e. The van der Waals surface area contributed by atoms with Gasteiger partial charge in [0, 0.05) is 17.4 Å². The van der Waals surface area contributed by atoms with Crippen LogP contribution in [0.4, 0.5) is 0 Å². The molecule has 0 heterocycles. The van der Waals surface area contributed by atoms with Crippen molar-refractivity contribution in [2.45, 2.75) is 13.3 Å². The maximum Gasteiger partial charge on any atom is 0.246 e. The van der Waals surface area contributed by atoms with Crippen LogP contribution >= 0.6 is 15.9 Å². The predicted molar refractivity (Wildman–Crippen MR) is 46.2 cm³/mol. The molecule has 0 aromatic heterocycles. The first kappa shape index (κ1) is 9.69. The SMILES string of the molecule is C=C(C)C(=O)NCCCBr. The summed E-state index contributed by atoms with van der Waals surface area (Å²) in [6.45, 7) is 5.93. The van der Waals surface area contributed by atoms with Gasteiger partial charge in [-0.25, -0.2) is 0 Å². The monoisotopic (exact) mass is 205 g/mol. The summed E-state index contributed by atoms with van der Waals surface area (Å²) in [6.07, 6.45) is 0.957. The molecular formula is C7H12BrNO. The Bertz CT molecular complexity index is 134. The van der Waals surface area contributed by atoms with Crippen molar-refractivity contribution in [3.63, 3.8) is 0 Å². The molecule has 3 heteroatoms. The van der Waals surface area contributed by atoms with Crippen LogP contribution in [0.25, 0.3) is 0 Å². The topological polar surface area (TPSA) is 29.1 Å². The van der Waals surface area contributed by atoms with Gasteiger partial charge in [0.2, 0.25) is 5.91 Å². The summed E-state index contributed by atoms with van der Waals surface area (Å²) in [5.74, 6) is -0.0547. The van der Waals surface area contributed by atoms with Crippen LogP contribution in [0.3, 0.4) is 0 Å². The first-order valence-electron chi connectivity index (χ1n) is 3.18. The van der Waals surface area contributed by atoms with Crippen LogP contribution < -0.4 is 5.32 Å². The number of carbonyl (C=O) groups is 1. The zero-order chi connectivity index (χ0) is 7.98. The van der Waals surface area contributed by atoms with E-state index >= 15 is 0 Å². The normalized spacial score (nSPS) is 9.00. The van der Waals surface area contributed by atoms with Crippen molar-refractivity contribution >= 4 is 21.8 Å². The first-order valence-corrected chi connectivity index (χ1v) is 4.30. The molecule has 0 aliphatic heterocycles. The number of hydrogen-bond donors (Lipinski definition) is 1. The molecule has 58 valence electrons. The summed E-state index contributed by atoms with van der Waals surface area (Å²) in [4.78, 5) is 10.8. The third-order valence-corrected chi connectivity index (χ3v) is 1.54. The quantitative estimate of drug-likeness (QED) is 0.421. The number of amides is 1. The molecule has 0 aromatic rings. The van der Waals surface area contributed by atoms with Crippen LogP contribution in [0.2, 0.25) is 0 Å². The van der Waals surface area contributed by atoms with Gasteiger partial charge >= 0.3 is 0 Å². The van der Waals surface area contributed by atoms with Gasteiger partial charge in [-0.15, -0.1) is 0 Å². The molecular weight excluding hydrogens is 194 g/mol. The third kappa shape index (κ3) is 4.56. The van der Waals surface area contributed by atoms with E-state index in [0.29, 0.717) is 5.57 Å². The fraction of sp³-hybridized carbons (Fsp3) is 0.571. The van der Waals surface area contributed by atoms with Crippen LogP contribution in [0.5, 0.6) is 0 Å². The zero-order valence-electron chi connectivity index (χ0n) is 6.11. The molecule has 0 spiro atoms. The van der Waals surface area contributed by atoms with E-state index in [0.717, 1.165) is 18.3 Å². The van der Waals surface area contributed by atoms with Crippen LogP contribution in [-0.2, 0) is 4.79 Å². The van der Waals surface area contributed by atoms with Gasteiger partial charge < -0.3 is 5.32 Å². The summed E-state index contributed by atoms with van der Waals surface area (Å²) >= 11 is 3.26. The van der Waals surface area contributed by atoms with E-state index in [-0.39, 0.29) is 5.91 Å². The molecule has 1 N–H and O–H groups in total. The lowest BCUT2D eigenvalue weighted by Crippen LogP contribution is -2.24. The van der Waals surface area contributed by atoms with E-state index in [9.17, 15) is 4.79 Å². The highest BCUT2D eigenvalue weighted by Crippen LogP contribution is 1.88. The highest BCUT2D eigenvalue weighted by Gasteiger charge is 1.97. The molecule has 0 bridgehead atoms. The maximum atomic E-state index is 10.8. The van der Waals surface area contributed by atoms with E-state index in [1.807, 2.05) is 0 Å². The Labute approximate surface area is 69.8 Å². The lowest BCUT2D eigenvalue weighted by atomic mass is 10.3. The molecule has 0 saturated heterocycles. The molecule has 0 fully saturated rings. The zero-order valence-corrected chi connectivity index (χ0v) is 7.70. The Morgan fingerprint density at radius 1 is 1.70 bits per heavy atom. The standard InChI is InChI=1S/C7H12BrNO/c1-6(2)7(10)9-5-3-4-8/h1,3-5H2,2H3,(H,9,10). The van der Waals surface area contributed by atoms with Crippen molar-refractivity contribution in [3.8, 4) is 0 Å². The second kappa shape index (κ2) is 5.47. The lowest BCUT2D eigenvalue weighted by Gasteiger charge is -2.01. The number of nitrogens with one attached hydrogen (secondary N) is 1. The van der Waals surface area contributed by atoms with Gasteiger partial charge in [-0.1, -0.05) is 22.5 Å². The molecule has 0 aliphatic rings. The molecule has 0 aromatic carbocycles. The van der Waals surface area contributed by atoms with Crippen LogP contribution in [0.15, 0.2) is 12.2 Å². The number of rotatable bonds is 4. The maximum absolute atomic E-state index is 10.8. The van der Waals surface area contributed by atoms with Crippen molar-refractivity contribution in [2.75, 3.05) is 11.9 Å². The molecule has 0 unspecified atom stereocenters. The van der Waals surface area contributed by atoms with Gasteiger partial charge in [-0.3, -0.25) is 4.79 Å². The van der Waals surface area contributed by atoms with Gasteiger partial charge in [0.05, 0.1) is 0 Å². The number of carbonyl (C=O) groups excluding carboxylic acids is 1. The lowest BCUT2D eigenvalue weighted by molar-refractivity contribution is -0.117. The van der Waals surface area contributed by atoms with Crippen molar-refractivity contribution in [1.82, 2.24) is 5.32 Å². The average molecular weight is 206 g/mol. The van der Waals surface area contributed by atoms with E-state index in [1.54, 1.807) is 6.92 Å². The number of hydrogen-bond acceptors (Lipinski definition) is 1. The molecule has 2 nitrogen and oxygen atoms in total. The van der Waals surface area contributed by atoms with Gasteiger partial charge in [0.1, 0.15) is 0 Å². The fourth-order valence-electron chi connectivity index (χ4n) is 0.420. The average Bonchev–Trinajstić information content (AvgIpc) is 1.88. The second-order valence-electron chi connectivity index (χ2n) is 2.08. The predicted octanol–water partition coefficient (Wildman–Crippen LogP) is 1.46. The molecule has 10 heavy (non-hydrogen) atoms. The molecule has 0 saturated carbocycles. The Morgan fingerprint density at radius 3 is 2.70 bits per heavy atom. The van der Waals surface area contributed by atoms with E-state index in [1.165, 1.54) is 0 Å². The summed E-state index contributed by atoms with van der Waals surface area (Å²) in [6, 6.07) is 0. The van der Waals surface area contributed by atoms with Gasteiger partial charge in [0.25, 0.3) is 0 Å². The summed E-state index contributed by atoms with van der Waals surface area (Å²) < 4.78 is 0. The van der Waals surface area contributed by atoms with Crippen molar-refractivity contribution < 1.29 is 4.79 Å². The van der Waals surface area contributed by atoms with E-state index in [4.69, 9.17) is 0 Å². The van der Waals surface area contributed by atoms with Crippen LogP contribution in [-0.4, -0.2) is 17.8 Å². The smallest absolute Gasteiger partial charge is 0.246 e.